The van der Waals surface area contributed by atoms with E-state index in [0.717, 1.165) is 13.0 Å². The maximum absolute atomic E-state index is 10.0. The van der Waals surface area contributed by atoms with Crippen LogP contribution in [0.25, 0.3) is 0 Å². The molecule has 0 aromatic carbocycles. The summed E-state index contributed by atoms with van der Waals surface area (Å²) in [6.45, 7) is 3.25. The van der Waals surface area contributed by atoms with Crippen molar-refractivity contribution in [1.29, 1.82) is 0 Å². The molecule has 0 radical (unpaired) electrons. The normalized spacial score (nSPS) is 9.91. The van der Waals surface area contributed by atoms with Crippen LogP contribution in [0, 0.1) is 0 Å². The molecule has 0 aliphatic heterocycles. The molecule has 0 spiro atoms. The van der Waals surface area contributed by atoms with E-state index in [9.17, 15) is 4.79 Å². The predicted molar refractivity (Wildman–Crippen MR) is 41.1 cm³/mol. The summed E-state index contributed by atoms with van der Waals surface area (Å²) in [6.07, 6.45) is 1.79. The lowest BCUT2D eigenvalue weighted by molar-refractivity contribution is -0.137. The smallest absolute Gasteiger partial charge is 0.303 e. The Kier molecular flexibility index (Phi) is 7.08. The van der Waals surface area contributed by atoms with Crippen molar-refractivity contribution in [2.24, 2.45) is 0 Å². The fourth-order valence-corrected chi connectivity index (χ4v) is 0.648. The third-order valence-electron chi connectivity index (χ3n) is 1.17. The molecule has 0 fully saturated rings. The van der Waals surface area contributed by atoms with Gasteiger partial charge in [-0.05, 0) is 19.8 Å². The second kappa shape index (κ2) is 7.50. The third kappa shape index (κ3) is 9.39. The molecule has 11 heavy (non-hydrogen) atoms. The lowest BCUT2D eigenvalue weighted by atomic mass is 10.2. The number of carboxylic acids is 1. The van der Waals surface area contributed by atoms with E-state index >= 15 is 0 Å². The second-order valence-electron chi connectivity index (χ2n) is 2.18. The highest BCUT2D eigenvalue weighted by molar-refractivity contribution is 5.66. The first kappa shape index (κ1) is 10.4. The molecule has 0 saturated heterocycles. The molecule has 0 bridgehead atoms. The molecule has 0 aromatic rings. The molecule has 2 N–H and O–H groups in total. The van der Waals surface area contributed by atoms with Crippen molar-refractivity contribution in [2.75, 3.05) is 13.2 Å². The van der Waals surface area contributed by atoms with E-state index in [4.69, 9.17) is 9.94 Å². The van der Waals surface area contributed by atoms with Crippen molar-refractivity contribution < 1.29 is 14.7 Å². The topological polar surface area (TPSA) is 58.6 Å². The summed E-state index contributed by atoms with van der Waals surface area (Å²) >= 11 is 0. The number of rotatable bonds is 7. The minimum atomic E-state index is -0.735. The molecule has 0 rings (SSSR count). The lowest BCUT2D eigenvalue weighted by Crippen LogP contribution is -2.15. The molecule has 66 valence electrons. The summed E-state index contributed by atoms with van der Waals surface area (Å²) in [6, 6.07) is 0. The van der Waals surface area contributed by atoms with Crippen LogP contribution in [0.5, 0.6) is 0 Å². The first-order valence-corrected chi connectivity index (χ1v) is 3.83. The molecule has 0 saturated carbocycles. The molecular weight excluding hydrogens is 146 g/mol. The number of hydrogen-bond donors (Lipinski definition) is 2. The SMILES string of the molecule is CCONCCCCC(=O)O. The van der Waals surface area contributed by atoms with E-state index in [1.807, 2.05) is 6.92 Å². The predicted octanol–water partition coefficient (Wildman–Crippen LogP) is 0.782. The third-order valence-corrected chi connectivity index (χ3v) is 1.17. The summed E-state index contributed by atoms with van der Waals surface area (Å²) in [5.74, 6) is -0.735. The highest BCUT2D eigenvalue weighted by atomic mass is 16.6. The number of nitrogens with one attached hydrogen (secondary N) is 1. The Labute approximate surface area is 66.5 Å². The molecular formula is C7H15NO3. The summed E-state index contributed by atoms with van der Waals surface area (Å²) in [5.41, 5.74) is 2.72. The van der Waals surface area contributed by atoms with Gasteiger partial charge in [0.1, 0.15) is 0 Å². The van der Waals surface area contributed by atoms with Crippen LogP contribution in [0.1, 0.15) is 26.2 Å². The number of unbranched alkanes of at least 4 members (excludes halogenated alkanes) is 1. The maximum Gasteiger partial charge on any atom is 0.303 e. The maximum atomic E-state index is 10.0. The largest absolute Gasteiger partial charge is 0.481 e. The fraction of sp³-hybridized carbons (Fsp3) is 0.857. The van der Waals surface area contributed by atoms with Crippen LogP contribution in [-0.2, 0) is 9.63 Å². The zero-order valence-electron chi connectivity index (χ0n) is 6.80. The van der Waals surface area contributed by atoms with Gasteiger partial charge in [0.15, 0.2) is 0 Å². The Hall–Kier alpha value is -0.610. The first-order valence-electron chi connectivity index (χ1n) is 3.83. The molecule has 0 unspecified atom stereocenters. The van der Waals surface area contributed by atoms with Gasteiger partial charge in [-0.2, -0.15) is 0 Å². The van der Waals surface area contributed by atoms with Crippen LogP contribution in [0.2, 0.25) is 0 Å². The van der Waals surface area contributed by atoms with Gasteiger partial charge < -0.3 is 9.94 Å². The molecule has 0 aliphatic carbocycles. The van der Waals surface area contributed by atoms with E-state index in [2.05, 4.69) is 5.48 Å². The molecule has 0 atom stereocenters. The van der Waals surface area contributed by atoms with E-state index in [1.54, 1.807) is 0 Å². The van der Waals surface area contributed by atoms with Gasteiger partial charge in [0.2, 0.25) is 0 Å². The lowest BCUT2D eigenvalue weighted by Gasteiger charge is -2.01. The van der Waals surface area contributed by atoms with Gasteiger partial charge in [-0.15, -0.1) is 0 Å². The highest BCUT2D eigenvalue weighted by Crippen LogP contribution is 1.92. The van der Waals surface area contributed by atoms with E-state index in [1.165, 1.54) is 0 Å². The van der Waals surface area contributed by atoms with E-state index in [-0.39, 0.29) is 6.42 Å². The van der Waals surface area contributed by atoms with Crippen LogP contribution >= 0.6 is 0 Å². The zero-order valence-corrected chi connectivity index (χ0v) is 6.80. The molecule has 0 amide bonds. The van der Waals surface area contributed by atoms with E-state index in [0.29, 0.717) is 13.0 Å². The standard InChI is InChI=1S/C7H15NO3/c1-2-11-8-6-4-3-5-7(9)10/h8H,2-6H2,1H3,(H,9,10). The Morgan fingerprint density at radius 3 is 2.82 bits per heavy atom. The number of carboxylic acid groups (broad SMARTS) is 1. The summed E-state index contributed by atoms with van der Waals surface area (Å²) in [7, 11) is 0. The minimum absolute atomic E-state index is 0.244. The highest BCUT2D eigenvalue weighted by Gasteiger charge is 1.94. The Balaban J connectivity index is 2.85. The van der Waals surface area contributed by atoms with Gasteiger partial charge >= 0.3 is 5.97 Å². The van der Waals surface area contributed by atoms with Crippen molar-refractivity contribution >= 4 is 5.97 Å². The van der Waals surface area contributed by atoms with Gasteiger partial charge in [-0.25, -0.2) is 5.48 Å². The molecule has 4 nitrogen and oxygen atoms in total. The molecule has 0 aliphatic rings. The second-order valence-corrected chi connectivity index (χ2v) is 2.18. The van der Waals surface area contributed by atoms with Crippen molar-refractivity contribution in [3.63, 3.8) is 0 Å². The van der Waals surface area contributed by atoms with E-state index < -0.39 is 5.97 Å². The van der Waals surface area contributed by atoms with Gasteiger partial charge in [0, 0.05) is 13.0 Å². The van der Waals surface area contributed by atoms with Crippen LogP contribution < -0.4 is 5.48 Å². The molecule has 4 heteroatoms. The van der Waals surface area contributed by atoms with Crippen molar-refractivity contribution in [3.8, 4) is 0 Å². The number of carbonyl (C=O) groups is 1. The number of hydrogen-bond acceptors (Lipinski definition) is 3. The van der Waals surface area contributed by atoms with Gasteiger partial charge in [-0.1, -0.05) is 0 Å². The van der Waals surface area contributed by atoms with Crippen LogP contribution in [0.3, 0.4) is 0 Å². The summed E-state index contributed by atoms with van der Waals surface area (Å²) < 4.78 is 0. The zero-order chi connectivity index (χ0) is 8.53. The van der Waals surface area contributed by atoms with Gasteiger partial charge in [0.25, 0.3) is 0 Å². The minimum Gasteiger partial charge on any atom is -0.481 e. The Bertz CT molecular complexity index is 106. The Morgan fingerprint density at radius 2 is 2.27 bits per heavy atom. The monoisotopic (exact) mass is 161 g/mol. The Morgan fingerprint density at radius 1 is 1.55 bits per heavy atom. The first-order chi connectivity index (χ1) is 5.27. The summed E-state index contributed by atoms with van der Waals surface area (Å²) in [4.78, 5) is 14.9. The van der Waals surface area contributed by atoms with Crippen LogP contribution in [0.4, 0.5) is 0 Å². The van der Waals surface area contributed by atoms with Gasteiger partial charge in [-0.3, -0.25) is 4.79 Å². The van der Waals surface area contributed by atoms with Gasteiger partial charge in [0.05, 0.1) is 6.61 Å². The average molecular weight is 161 g/mol. The molecule has 0 aromatic heterocycles. The van der Waals surface area contributed by atoms with Crippen LogP contribution in [-0.4, -0.2) is 24.2 Å². The number of aliphatic carboxylic acids is 1. The number of hydroxylamine groups is 1. The van der Waals surface area contributed by atoms with Crippen LogP contribution in [0.15, 0.2) is 0 Å². The molecule has 0 heterocycles. The fourth-order valence-electron chi connectivity index (χ4n) is 0.648. The summed E-state index contributed by atoms with van der Waals surface area (Å²) in [5, 5.41) is 8.26. The van der Waals surface area contributed by atoms with Crippen molar-refractivity contribution in [2.45, 2.75) is 26.2 Å². The quantitative estimate of drug-likeness (QED) is 0.428. The van der Waals surface area contributed by atoms with Crippen molar-refractivity contribution in [3.05, 3.63) is 0 Å². The average Bonchev–Trinajstić information content (AvgIpc) is 1.96. The van der Waals surface area contributed by atoms with Crippen molar-refractivity contribution in [1.82, 2.24) is 5.48 Å².